The summed E-state index contributed by atoms with van der Waals surface area (Å²) in [4.78, 5) is 171. The molecule has 4 rings (SSSR count). The summed E-state index contributed by atoms with van der Waals surface area (Å²) in [5.74, 6) is -9.83. The van der Waals surface area contributed by atoms with Gasteiger partial charge in [0.2, 0.25) is 11.8 Å². The van der Waals surface area contributed by atoms with E-state index in [1.165, 1.54) is 0 Å². The number of thiocarbonyl (C=S) groups is 1. The van der Waals surface area contributed by atoms with E-state index in [4.69, 9.17) is 26.9 Å². The predicted molar refractivity (Wildman–Crippen MR) is 362 cm³/mol. The van der Waals surface area contributed by atoms with E-state index in [9.17, 15) is 88.2 Å². The topological polar surface area (TPSA) is 454 Å². The van der Waals surface area contributed by atoms with Gasteiger partial charge in [0, 0.05) is 128 Å². The average molecular weight is 1410 g/mol. The molecule has 2 aromatic rings. The second-order valence-electron chi connectivity index (χ2n) is 24.7. The molecule has 4 amide bonds. The van der Waals surface area contributed by atoms with Gasteiger partial charge in [0.05, 0.1) is 31.2 Å². The van der Waals surface area contributed by atoms with Crippen molar-refractivity contribution in [2.24, 2.45) is 5.92 Å². The Balaban J connectivity index is 0.00000834. The van der Waals surface area contributed by atoms with Crippen LogP contribution in [0, 0.1) is 5.92 Å². The summed E-state index contributed by atoms with van der Waals surface area (Å²) in [7, 11) is 0. The van der Waals surface area contributed by atoms with Crippen molar-refractivity contribution in [1.82, 2.24) is 46.2 Å². The number of unbranched alkanes of at least 4 members (excludes halogenated alkanes) is 7. The molecular weight excluding hydrogens is 1310 g/mol. The first kappa shape index (κ1) is 84.4. The van der Waals surface area contributed by atoms with Gasteiger partial charge in [-0.15, -0.1) is 0 Å². The summed E-state index contributed by atoms with van der Waals surface area (Å²) in [5.41, 5.74) is 4.37. The van der Waals surface area contributed by atoms with E-state index in [0.29, 0.717) is 87.9 Å². The zero-order chi connectivity index (χ0) is 73.1. The molecule has 546 valence electrons. The van der Waals surface area contributed by atoms with E-state index in [0.717, 1.165) is 41.5 Å². The molecule has 1 saturated heterocycles. The van der Waals surface area contributed by atoms with Gasteiger partial charge in [0.15, 0.2) is 0 Å². The Bertz CT molecular complexity index is 3070. The summed E-state index contributed by atoms with van der Waals surface area (Å²) in [5, 5.41) is 81.0. The number of amides is 4. The van der Waals surface area contributed by atoms with Crippen molar-refractivity contribution in [3.05, 3.63) is 76.4 Å². The van der Waals surface area contributed by atoms with E-state index in [1.54, 1.807) is 19.6 Å². The first-order valence-electron chi connectivity index (χ1n) is 33.5. The lowest BCUT2D eigenvalue weighted by molar-refractivity contribution is -0.192. The quantitative estimate of drug-likeness (QED) is 0.0334. The molecule has 1 aliphatic carbocycles. The van der Waals surface area contributed by atoms with Crippen molar-refractivity contribution < 1.29 is 103 Å². The summed E-state index contributed by atoms with van der Waals surface area (Å²) in [6.07, 6.45) is 9.89. The zero-order valence-corrected chi connectivity index (χ0v) is 56.8. The molecule has 1 heterocycles. The minimum atomic E-state index is -1.30. The Hall–Kier alpha value is -8.87. The third kappa shape index (κ3) is 37.6. The molecule has 0 spiro atoms. The third-order valence-corrected chi connectivity index (χ3v) is 17.1. The van der Waals surface area contributed by atoms with Gasteiger partial charge in [-0.3, -0.25) is 62.8 Å². The van der Waals surface area contributed by atoms with E-state index in [-0.39, 0.29) is 153 Å². The lowest BCUT2D eigenvalue weighted by atomic mass is 9.92. The van der Waals surface area contributed by atoms with Crippen LogP contribution in [0.5, 0.6) is 0 Å². The maximum atomic E-state index is 13.9. The standard InChI is InChI=1S/C67H97N9O19S.CO2/c77-53(25-26-56(66(93)94)72-67(95)70-29-13-20-58(79)80)17-5-3-1-2-4-6-18-54(78)40-50(64(90)71-55(65(91)92)19-10-12-28-69-63(89)51-38-48-14-7-8-15-49(48)39-51)16-9-11-27-68-57(96)37-47-23-21-46(22-24-47)36-52-41-75(44-61(85)86)33-32-73(42-59(81)82)30-31-74(43-60(83)84)34-35-76(52)45-62(87)88;2-1-3/h7-8,14-15,21-24,38,50,52,55-56H,1-6,9-13,16-20,25-37,39-45H2,(H,68,96)(H,69,89)(H,71,90)(H,79,80)(H,81,82)(H,83,84)(H,85,86)(H,87,88)(H,91,92)(H,93,94)(H2,70,72,95);/t50-,52?,55+,56+;/m1./s1. The lowest BCUT2D eigenvalue weighted by Crippen LogP contribution is -2.53. The van der Waals surface area contributed by atoms with Gasteiger partial charge >= 0.3 is 54.0 Å². The highest BCUT2D eigenvalue weighted by Crippen LogP contribution is 2.25. The van der Waals surface area contributed by atoms with Crippen LogP contribution in [0.25, 0.3) is 6.08 Å². The van der Waals surface area contributed by atoms with Crippen LogP contribution in [0.1, 0.15) is 144 Å². The molecule has 99 heavy (non-hydrogen) atoms. The summed E-state index contributed by atoms with van der Waals surface area (Å²) in [6.45, 7) is 0.433. The van der Waals surface area contributed by atoms with Gasteiger partial charge in [-0.1, -0.05) is 92.9 Å². The molecule has 4 atom stereocenters. The average Bonchev–Trinajstić information content (AvgIpc) is 1.75. The molecule has 0 aromatic heterocycles. The maximum Gasteiger partial charge on any atom is 0.373 e. The van der Waals surface area contributed by atoms with Crippen LogP contribution in [0.4, 0.5) is 4.79 Å². The molecule has 0 bridgehead atoms. The van der Waals surface area contributed by atoms with Crippen LogP contribution >= 0.6 is 12.2 Å². The number of Topliss-reactive ketones (excluding diaryl/α,β-unsaturated/α-hetero) is 2. The van der Waals surface area contributed by atoms with E-state index in [1.807, 2.05) is 54.6 Å². The zero-order valence-electron chi connectivity index (χ0n) is 56.0. The number of benzene rings is 2. The smallest absolute Gasteiger partial charge is 0.373 e. The normalized spacial score (nSPS) is 15.4. The van der Waals surface area contributed by atoms with Crippen LogP contribution in [-0.2, 0) is 81.6 Å². The number of ketones is 2. The number of rotatable bonds is 46. The first-order chi connectivity index (χ1) is 47.2. The van der Waals surface area contributed by atoms with Gasteiger partial charge in [-0.25, -0.2) is 14.4 Å². The monoisotopic (exact) mass is 1410 g/mol. The molecule has 12 N–H and O–H groups in total. The molecule has 0 radical (unpaired) electrons. The largest absolute Gasteiger partial charge is 0.481 e. The Kier molecular flexibility index (Phi) is 40.9. The van der Waals surface area contributed by atoms with Gasteiger partial charge in [-0.05, 0) is 92.5 Å². The fourth-order valence-corrected chi connectivity index (χ4v) is 11.8. The molecule has 31 heteroatoms. The van der Waals surface area contributed by atoms with Gasteiger partial charge < -0.3 is 62.3 Å². The minimum Gasteiger partial charge on any atom is -0.481 e. The van der Waals surface area contributed by atoms with Gasteiger partial charge in [0.25, 0.3) is 0 Å². The van der Waals surface area contributed by atoms with E-state index < -0.39 is 84.3 Å². The van der Waals surface area contributed by atoms with Crippen LogP contribution in [0.3, 0.4) is 0 Å². The van der Waals surface area contributed by atoms with Gasteiger partial charge in [0.1, 0.15) is 23.7 Å². The molecule has 30 nitrogen and oxygen atoms in total. The van der Waals surface area contributed by atoms with Crippen LogP contribution < -0.4 is 26.6 Å². The number of aliphatic carboxylic acids is 7. The van der Waals surface area contributed by atoms with E-state index >= 15 is 0 Å². The van der Waals surface area contributed by atoms with Crippen molar-refractivity contribution in [2.75, 3.05) is 91.6 Å². The Morgan fingerprint density at radius 3 is 1.61 bits per heavy atom. The number of carboxylic acids is 7. The van der Waals surface area contributed by atoms with Crippen molar-refractivity contribution in [1.29, 1.82) is 0 Å². The minimum absolute atomic E-state index is 0.0437. The predicted octanol–water partition coefficient (Wildman–Crippen LogP) is 3.36. The number of urea groups is 1. The lowest BCUT2D eigenvalue weighted by Gasteiger charge is -2.37. The number of nitrogens with one attached hydrogen (secondary N) is 5. The molecule has 1 unspecified atom stereocenters. The first-order valence-corrected chi connectivity index (χ1v) is 33.9. The van der Waals surface area contributed by atoms with Gasteiger partial charge in [-0.2, -0.15) is 9.59 Å². The van der Waals surface area contributed by atoms with Crippen LogP contribution in [0.2, 0.25) is 0 Å². The maximum absolute atomic E-state index is 13.9. The van der Waals surface area contributed by atoms with E-state index in [2.05, 4.69) is 26.6 Å². The Labute approximate surface area is 580 Å². The highest BCUT2D eigenvalue weighted by atomic mass is 32.1. The summed E-state index contributed by atoms with van der Waals surface area (Å²) < 4.78 is 0. The number of hydrogen-bond donors (Lipinski definition) is 12. The number of carboxylic acid groups (broad SMARTS) is 7. The highest BCUT2D eigenvalue weighted by molar-refractivity contribution is 7.80. The van der Waals surface area contributed by atoms with Crippen LogP contribution in [0.15, 0.2) is 54.1 Å². The van der Waals surface area contributed by atoms with Crippen molar-refractivity contribution >= 4 is 101 Å². The SMILES string of the molecule is O=C(O)CCCNC(=O)N[C@@H](CCC(=O)CCCCCCCCC(=O)C[C@@H](CCCCNC(=S)Cc1ccc(CC2CN(CC(=O)O)CCN(CC(=O)O)CCN(CC(=O)O)CCN2CC(=O)O)cc1)C(=O)N[C@@H](CCCCNC(=O)C1=Cc2ccccc2C1)C(=O)O)C(=O)O.O=C=O. The van der Waals surface area contributed by atoms with Crippen molar-refractivity contribution in [3.63, 3.8) is 0 Å². The number of nitrogens with zero attached hydrogens (tertiary/aromatic N) is 4. The Morgan fingerprint density at radius 2 is 1.02 bits per heavy atom. The second kappa shape index (κ2) is 48.0. The summed E-state index contributed by atoms with van der Waals surface area (Å²) in [6, 6.07) is 11.4. The number of carbonyl (C=O) groups is 12. The van der Waals surface area contributed by atoms with Crippen molar-refractivity contribution in [3.8, 4) is 0 Å². The highest BCUT2D eigenvalue weighted by Gasteiger charge is 2.30. The Morgan fingerprint density at radius 1 is 0.505 bits per heavy atom. The van der Waals surface area contributed by atoms with Crippen molar-refractivity contribution in [2.45, 2.75) is 159 Å². The fraction of sp³-hybridized carbons (Fsp3) is 0.588. The molecule has 1 aliphatic heterocycles. The molecule has 1 fully saturated rings. The number of fused-ring (bicyclic) bond motifs is 1. The number of carbonyl (C=O) groups excluding carboxylic acids is 7. The number of hydrogen-bond acceptors (Lipinski definition) is 19. The molecule has 0 saturated carbocycles. The molecule has 2 aliphatic rings. The molecular formula is C68H97N9O21S. The fourth-order valence-electron chi connectivity index (χ4n) is 11.6. The summed E-state index contributed by atoms with van der Waals surface area (Å²) >= 11 is 5.71. The molecule has 2 aromatic carbocycles. The van der Waals surface area contributed by atoms with Crippen LogP contribution in [-0.4, -0.2) is 247 Å². The second-order valence-corrected chi connectivity index (χ2v) is 25.2. The third-order valence-electron chi connectivity index (χ3n) is 16.8.